The molecule has 0 saturated carbocycles. The van der Waals surface area contributed by atoms with E-state index in [0.717, 1.165) is 44.1 Å². The Bertz CT molecular complexity index is 432. The zero-order chi connectivity index (χ0) is 12.3. The summed E-state index contributed by atoms with van der Waals surface area (Å²) in [4.78, 5) is 9.98. The zero-order valence-corrected chi connectivity index (χ0v) is 11.2. The summed E-state index contributed by atoms with van der Waals surface area (Å²) in [5.41, 5.74) is 1.15. The van der Waals surface area contributed by atoms with E-state index in [1.807, 2.05) is 6.07 Å². The number of rotatable bonds is 3. The van der Waals surface area contributed by atoms with Crippen LogP contribution in [0.1, 0.15) is 31.0 Å². The molecule has 0 bridgehead atoms. The second kappa shape index (κ2) is 5.71. The van der Waals surface area contributed by atoms with Gasteiger partial charge in [0, 0.05) is 18.8 Å². The number of aryl methyl sites for hydroxylation is 1. The maximum absolute atomic E-state index is 5.74. The van der Waals surface area contributed by atoms with Crippen LogP contribution in [0.4, 0.5) is 0 Å². The molecule has 0 radical (unpaired) electrons. The molecule has 1 saturated heterocycles. The number of nitrogens with one attached hydrogen (secondary N) is 1. The minimum atomic E-state index is 0.0206. The van der Waals surface area contributed by atoms with Gasteiger partial charge in [-0.15, -0.1) is 0 Å². The summed E-state index contributed by atoms with van der Waals surface area (Å²) < 4.78 is 6.39. The van der Waals surface area contributed by atoms with Gasteiger partial charge in [0.25, 0.3) is 0 Å². The molecule has 1 unspecified atom stereocenters. The molecule has 1 aliphatic rings. The molecular weight excluding hydrogens is 234 g/mol. The summed E-state index contributed by atoms with van der Waals surface area (Å²) >= 11 is 5.20. The lowest BCUT2D eigenvalue weighted by Crippen LogP contribution is -2.36. The number of hydrogen-bond donors (Lipinski definition) is 1. The SMILES string of the molecule is CCCc1cc(=S)nc(C2CN(C)CCO2)[nH]1. The molecule has 1 aromatic heterocycles. The second-order valence-electron chi connectivity index (χ2n) is 4.50. The fourth-order valence-electron chi connectivity index (χ4n) is 2.03. The number of hydrogen-bond acceptors (Lipinski definition) is 4. The van der Waals surface area contributed by atoms with E-state index in [2.05, 4.69) is 28.8 Å². The molecule has 2 heterocycles. The zero-order valence-electron chi connectivity index (χ0n) is 10.4. The fraction of sp³-hybridized carbons (Fsp3) is 0.667. The lowest BCUT2D eigenvalue weighted by atomic mass is 10.2. The van der Waals surface area contributed by atoms with E-state index in [1.165, 1.54) is 0 Å². The number of likely N-dealkylation sites (N-methyl/N-ethyl adjacent to an activating group) is 1. The quantitative estimate of drug-likeness (QED) is 0.838. The minimum absolute atomic E-state index is 0.0206. The summed E-state index contributed by atoms with van der Waals surface area (Å²) in [5.74, 6) is 0.868. The third kappa shape index (κ3) is 3.34. The summed E-state index contributed by atoms with van der Waals surface area (Å²) in [6.07, 6.45) is 2.12. The van der Waals surface area contributed by atoms with Crippen molar-refractivity contribution in [3.8, 4) is 0 Å². The normalized spacial score (nSPS) is 21.6. The fourth-order valence-corrected chi connectivity index (χ4v) is 2.27. The molecule has 1 aliphatic heterocycles. The monoisotopic (exact) mass is 253 g/mol. The van der Waals surface area contributed by atoms with Crippen molar-refractivity contribution < 1.29 is 4.74 Å². The highest BCUT2D eigenvalue weighted by Crippen LogP contribution is 2.18. The Morgan fingerprint density at radius 1 is 1.65 bits per heavy atom. The van der Waals surface area contributed by atoms with Crippen molar-refractivity contribution in [3.05, 3.63) is 22.2 Å². The molecule has 5 heteroatoms. The van der Waals surface area contributed by atoms with Crippen LogP contribution in [0.15, 0.2) is 6.07 Å². The average molecular weight is 253 g/mol. The van der Waals surface area contributed by atoms with Crippen molar-refractivity contribution in [2.24, 2.45) is 0 Å². The third-order valence-corrected chi connectivity index (χ3v) is 3.12. The van der Waals surface area contributed by atoms with Crippen LogP contribution in [0.2, 0.25) is 0 Å². The standard InChI is InChI=1S/C12H19N3OS/c1-3-4-9-7-11(17)14-12(13-9)10-8-15(2)5-6-16-10/h7,10H,3-6,8H2,1-2H3,(H,13,14,17). The van der Waals surface area contributed by atoms with E-state index in [9.17, 15) is 0 Å². The number of morpholine rings is 1. The predicted octanol–water partition coefficient (Wildman–Crippen LogP) is 2.09. The molecule has 0 aliphatic carbocycles. The molecule has 1 N–H and O–H groups in total. The van der Waals surface area contributed by atoms with Gasteiger partial charge >= 0.3 is 0 Å². The summed E-state index contributed by atoms with van der Waals surface area (Å²) in [7, 11) is 2.10. The maximum atomic E-state index is 5.74. The van der Waals surface area contributed by atoms with E-state index in [4.69, 9.17) is 17.0 Å². The first-order chi connectivity index (χ1) is 8.19. The van der Waals surface area contributed by atoms with Gasteiger partial charge < -0.3 is 14.6 Å². The van der Waals surface area contributed by atoms with Gasteiger partial charge in [-0.25, -0.2) is 4.98 Å². The largest absolute Gasteiger partial charge is 0.368 e. The first-order valence-electron chi connectivity index (χ1n) is 6.09. The molecule has 1 fully saturated rings. The highest BCUT2D eigenvalue weighted by atomic mass is 32.1. The van der Waals surface area contributed by atoms with Crippen LogP contribution in [0.3, 0.4) is 0 Å². The first-order valence-corrected chi connectivity index (χ1v) is 6.50. The van der Waals surface area contributed by atoms with E-state index < -0.39 is 0 Å². The van der Waals surface area contributed by atoms with Crippen molar-refractivity contribution in [1.82, 2.24) is 14.9 Å². The van der Waals surface area contributed by atoms with E-state index >= 15 is 0 Å². The predicted molar refractivity (Wildman–Crippen MR) is 69.6 cm³/mol. The summed E-state index contributed by atoms with van der Waals surface area (Å²) in [6.45, 7) is 4.75. The topological polar surface area (TPSA) is 41.2 Å². The number of H-pyrrole nitrogens is 1. The van der Waals surface area contributed by atoms with Crippen LogP contribution in [0, 0.1) is 4.64 Å². The van der Waals surface area contributed by atoms with Crippen LogP contribution in [0.5, 0.6) is 0 Å². The smallest absolute Gasteiger partial charge is 0.138 e. The Hall–Kier alpha value is -0.780. The van der Waals surface area contributed by atoms with Crippen molar-refractivity contribution >= 4 is 12.2 Å². The minimum Gasteiger partial charge on any atom is -0.368 e. The summed E-state index contributed by atoms with van der Waals surface area (Å²) in [5, 5.41) is 0. The molecule has 2 rings (SSSR count). The van der Waals surface area contributed by atoms with Crippen LogP contribution in [-0.4, -0.2) is 41.6 Å². The molecule has 0 aromatic carbocycles. The second-order valence-corrected chi connectivity index (χ2v) is 4.92. The number of ether oxygens (including phenoxy) is 1. The van der Waals surface area contributed by atoms with Gasteiger partial charge in [0.2, 0.25) is 0 Å². The van der Waals surface area contributed by atoms with Crippen LogP contribution in [-0.2, 0) is 11.2 Å². The first kappa shape index (κ1) is 12.7. The molecule has 4 nitrogen and oxygen atoms in total. The van der Waals surface area contributed by atoms with Gasteiger partial charge in [0.05, 0.1) is 6.61 Å². The lowest BCUT2D eigenvalue weighted by Gasteiger charge is -2.29. The van der Waals surface area contributed by atoms with Crippen LogP contribution >= 0.6 is 12.2 Å². The van der Waals surface area contributed by atoms with Crippen molar-refractivity contribution in [2.75, 3.05) is 26.7 Å². The Morgan fingerprint density at radius 2 is 2.47 bits per heavy atom. The number of aromatic nitrogens is 2. The molecule has 17 heavy (non-hydrogen) atoms. The average Bonchev–Trinajstić information content (AvgIpc) is 2.28. The van der Waals surface area contributed by atoms with E-state index in [-0.39, 0.29) is 6.10 Å². The molecule has 1 aromatic rings. The molecule has 1 atom stereocenters. The van der Waals surface area contributed by atoms with Gasteiger partial charge in [-0.3, -0.25) is 0 Å². The van der Waals surface area contributed by atoms with Gasteiger partial charge in [0.1, 0.15) is 16.6 Å². The Kier molecular flexibility index (Phi) is 4.25. The third-order valence-electron chi connectivity index (χ3n) is 2.91. The Morgan fingerprint density at radius 3 is 3.18 bits per heavy atom. The van der Waals surface area contributed by atoms with E-state index in [1.54, 1.807) is 0 Å². The van der Waals surface area contributed by atoms with Gasteiger partial charge in [-0.05, 0) is 19.5 Å². The van der Waals surface area contributed by atoms with Crippen molar-refractivity contribution in [2.45, 2.75) is 25.9 Å². The lowest BCUT2D eigenvalue weighted by molar-refractivity contribution is -0.0256. The van der Waals surface area contributed by atoms with Crippen LogP contribution in [0.25, 0.3) is 0 Å². The molecule has 94 valence electrons. The molecule has 0 amide bonds. The van der Waals surface area contributed by atoms with Crippen molar-refractivity contribution in [1.29, 1.82) is 0 Å². The maximum Gasteiger partial charge on any atom is 0.138 e. The Balaban J connectivity index is 2.21. The molecular formula is C12H19N3OS. The molecule has 0 spiro atoms. The van der Waals surface area contributed by atoms with E-state index in [0.29, 0.717) is 4.64 Å². The highest BCUT2D eigenvalue weighted by Gasteiger charge is 2.21. The van der Waals surface area contributed by atoms with Crippen molar-refractivity contribution in [3.63, 3.8) is 0 Å². The summed E-state index contributed by atoms with van der Waals surface area (Å²) in [6, 6.07) is 1.94. The number of aromatic amines is 1. The van der Waals surface area contributed by atoms with Gasteiger partial charge in [-0.1, -0.05) is 25.6 Å². The van der Waals surface area contributed by atoms with Gasteiger partial charge in [0.15, 0.2) is 0 Å². The van der Waals surface area contributed by atoms with Crippen LogP contribution < -0.4 is 0 Å². The highest BCUT2D eigenvalue weighted by molar-refractivity contribution is 7.71. The van der Waals surface area contributed by atoms with Gasteiger partial charge in [-0.2, -0.15) is 0 Å². The Labute approximate surface area is 107 Å². The number of nitrogens with zero attached hydrogens (tertiary/aromatic N) is 2.